The molecule has 1 aliphatic heterocycles. The molecule has 0 saturated carbocycles. The Balaban J connectivity index is 2.13. The first-order valence-corrected chi connectivity index (χ1v) is 6.11. The lowest BCUT2D eigenvalue weighted by Gasteiger charge is -2.38. The van der Waals surface area contributed by atoms with Gasteiger partial charge >= 0.3 is 0 Å². The minimum absolute atomic E-state index is 0.181. The molecule has 1 aromatic heterocycles. The van der Waals surface area contributed by atoms with Crippen molar-refractivity contribution in [3.8, 4) is 0 Å². The van der Waals surface area contributed by atoms with E-state index in [0.717, 1.165) is 0 Å². The van der Waals surface area contributed by atoms with E-state index in [-0.39, 0.29) is 18.4 Å². The summed E-state index contributed by atoms with van der Waals surface area (Å²) in [7, 11) is 3.31. The van der Waals surface area contributed by atoms with Gasteiger partial charge in [0.2, 0.25) is 0 Å². The Morgan fingerprint density at radius 2 is 2.26 bits per heavy atom. The molecule has 2 rings (SSSR count). The lowest BCUT2D eigenvalue weighted by Crippen LogP contribution is -2.58. The number of nitrogens with one attached hydrogen (secondary N) is 1. The number of hydrogen-bond acceptors (Lipinski definition) is 4. The van der Waals surface area contributed by atoms with Gasteiger partial charge in [-0.25, -0.2) is 0 Å². The Kier molecular flexibility index (Phi) is 3.57. The van der Waals surface area contributed by atoms with E-state index < -0.39 is 5.60 Å². The van der Waals surface area contributed by atoms with Crippen LogP contribution in [0, 0.1) is 0 Å². The monoisotopic (exact) mass is 266 g/mol. The molecule has 1 aliphatic rings. The van der Waals surface area contributed by atoms with Crippen LogP contribution in [0.15, 0.2) is 12.3 Å². The summed E-state index contributed by atoms with van der Waals surface area (Å²) in [6.45, 7) is 2.70. The molecule has 0 spiro atoms. The van der Waals surface area contributed by atoms with Crippen LogP contribution in [0.3, 0.4) is 0 Å². The van der Waals surface area contributed by atoms with Gasteiger partial charge < -0.3 is 15.0 Å². The van der Waals surface area contributed by atoms with Gasteiger partial charge in [-0.1, -0.05) is 0 Å². The Morgan fingerprint density at radius 3 is 2.84 bits per heavy atom. The third-order valence-electron chi connectivity index (χ3n) is 3.20. The number of carbonyl (C=O) groups is 2. The van der Waals surface area contributed by atoms with Gasteiger partial charge in [0, 0.05) is 26.8 Å². The van der Waals surface area contributed by atoms with Crippen LogP contribution in [0.5, 0.6) is 0 Å². The maximum absolute atomic E-state index is 12.3. The second kappa shape index (κ2) is 5.00. The molecule has 7 heteroatoms. The number of ether oxygens (including phenoxy) is 1. The van der Waals surface area contributed by atoms with Crippen molar-refractivity contribution in [2.24, 2.45) is 7.05 Å². The molecule has 0 aliphatic carbocycles. The van der Waals surface area contributed by atoms with E-state index >= 15 is 0 Å². The van der Waals surface area contributed by atoms with Gasteiger partial charge in [-0.15, -0.1) is 0 Å². The zero-order valence-electron chi connectivity index (χ0n) is 11.3. The fraction of sp³-hybridized carbons (Fsp3) is 0.583. The molecule has 1 aromatic rings. The van der Waals surface area contributed by atoms with Crippen molar-refractivity contribution in [2.45, 2.75) is 12.5 Å². The minimum Gasteiger partial charge on any atom is -0.362 e. The summed E-state index contributed by atoms with van der Waals surface area (Å²) in [5.41, 5.74) is -0.624. The molecule has 1 unspecified atom stereocenters. The van der Waals surface area contributed by atoms with Gasteiger partial charge in [0.15, 0.2) is 5.60 Å². The average molecular weight is 266 g/mol. The number of nitrogens with zero attached hydrogens (tertiary/aromatic N) is 3. The zero-order valence-corrected chi connectivity index (χ0v) is 11.3. The van der Waals surface area contributed by atoms with Crippen molar-refractivity contribution in [1.82, 2.24) is 20.0 Å². The predicted octanol–water partition coefficient (Wildman–Crippen LogP) is -0.603. The molecule has 1 N–H and O–H groups in total. The van der Waals surface area contributed by atoms with Crippen LogP contribution >= 0.6 is 0 Å². The Labute approximate surface area is 111 Å². The van der Waals surface area contributed by atoms with Crippen LogP contribution in [-0.4, -0.2) is 58.8 Å². The highest BCUT2D eigenvalue weighted by atomic mass is 16.5. The van der Waals surface area contributed by atoms with Crippen molar-refractivity contribution in [2.75, 3.05) is 26.7 Å². The van der Waals surface area contributed by atoms with Crippen LogP contribution in [0.4, 0.5) is 0 Å². The molecular weight excluding hydrogens is 248 g/mol. The summed E-state index contributed by atoms with van der Waals surface area (Å²) in [6, 6.07) is 1.66. The fourth-order valence-corrected chi connectivity index (χ4v) is 2.14. The van der Waals surface area contributed by atoms with E-state index in [4.69, 9.17) is 4.74 Å². The number of carbonyl (C=O) groups excluding carboxylic acids is 2. The Morgan fingerprint density at radius 1 is 1.53 bits per heavy atom. The lowest BCUT2D eigenvalue weighted by molar-refractivity contribution is -0.153. The fourth-order valence-electron chi connectivity index (χ4n) is 2.14. The van der Waals surface area contributed by atoms with E-state index in [1.807, 2.05) is 0 Å². The van der Waals surface area contributed by atoms with Gasteiger partial charge in [0.05, 0.1) is 13.2 Å². The summed E-state index contributed by atoms with van der Waals surface area (Å²) in [6.07, 6.45) is 1.71. The Bertz CT molecular complexity index is 499. The third kappa shape index (κ3) is 2.60. The first-order valence-electron chi connectivity index (χ1n) is 6.11. The quantitative estimate of drug-likeness (QED) is 0.775. The van der Waals surface area contributed by atoms with E-state index in [2.05, 4.69) is 10.4 Å². The average Bonchev–Trinajstić information content (AvgIpc) is 2.83. The molecule has 0 radical (unpaired) electrons. The lowest BCUT2D eigenvalue weighted by atomic mass is 10.0. The normalized spacial score (nSPS) is 23.2. The first kappa shape index (κ1) is 13.5. The molecule has 1 fully saturated rings. The summed E-state index contributed by atoms with van der Waals surface area (Å²) < 4.78 is 7.08. The molecule has 0 aromatic carbocycles. The maximum Gasteiger partial charge on any atom is 0.274 e. The molecular formula is C12H18N4O3. The van der Waals surface area contributed by atoms with Gasteiger partial charge in [-0.3, -0.25) is 14.3 Å². The second-order valence-corrected chi connectivity index (χ2v) is 4.76. The first-order chi connectivity index (χ1) is 8.96. The van der Waals surface area contributed by atoms with Crippen molar-refractivity contribution in [3.05, 3.63) is 18.0 Å². The largest absolute Gasteiger partial charge is 0.362 e. The number of likely N-dealkylation sites (N-methyl/N-ethyl adjacent to an activating group) is 1. The van der Waals surface area contributed by atoms with Crippen LogP contribution in [0.1, 0.15) is 17.4 Å². The highest BCUT2D eigenvalue weighted by molar-refractivity contribution is 5.93. The Hall–Kier alpha value is -1.89. The topological polar surface area (TPSA) is 76.5 Å². The molecule has 104 valence electrons. The van der Waals surface area contributed by atoms with Crippen LogP contribution in [-0.2, 0) is 16.6 Å². The number of hydrogen-bond donors (Lipinski definition) is 1. The van der Waals surface area contributed by atoms with Crippen LogP contribution < -0.4 is 5.32 Å². The van der Waals surface area contributed by atoms with E-state index in [0.29, 0.717) is 18.8 Å². The van der Waals surface area contributed by atoms with Gasteiger partial charge in [-0.05, 0) is 13.0 Å². The molecule has 1 atom stereocenters. The third-order valence-corrected chi connectivity index (χ3v) is 3.20. The second-order valence-electron chi connectivity index (χ2n) is 4.76. The molecule has 1 saturated heterocycles. The van der Waals surface area contributed by atoms with Gasteiger partial charge in [0.1, 0.15) is 5.69 Å². The predicted molar refractivity (Wildman–Crippen MR) is 67.5 cm³/mol. The van der Waals surface area contributed by atoms with Gasteiger partial charge in [0.25, 0.3) is 11.8 Å². The summed E-state index contributed by atoms with van der Waals surface area (Å²) >= 11 is 0. The van der Waals surface area contributed by atoms with Crippen molar-refractivity contribution in [1.29, 1.82) is 0 Å². The summed E-state index contributed by atoms with van der Waals surface area (Å²) in [5.74, 6) is -0.412. The molecule has 0 bridgehead atoms. The number of aryl methyl sites for hydroxylation is 1. The number of rotatable bonds is 2. The smallest absolute Gasteiger partial charge is 0.274 e. The molecule has 7 nitrogen and oxygen atoms in total. The SMILES string of the molecule is CNC(=O)C1(C)CN(C(=O)c2ccn(C)n2)CCO1. The maximum atomic E-state index is 12.3. The highest BCUT2D eigenvalue weighted by Gasteiger charge is 2.40. The van der Waals surface area contributed by atoms with Crippen molar-refractivity contribution >= 4 is 11.8 Å². The zero-order chi connectivity index (χ0) is 14.0. The number of aromatic nitrogens is 2. The van der Waals surface area contributed by atoms with E-state index in [9.17, 15) is 9.59 Å². The van der Waals surface area contributed by atoms with Crippen LogP contribution in [0.2, 0.25) is 0 Å². The molecule has 19 heavy (non-hydrogen) atoms. The van der Waals surface area contributed by atoms with E-state index in [1.165, 1.54) is 0 Å². The highest BCUT2D eigenvalue weighted by Crippen LogP contribution is 2.19. The molecule has 2 heterocycles. The minimum atomic E-state index is -1.00. The molecule has 2 amide bonds. The van der Waals surface area contributed by atoms with Crippen molar-refractivity contribution < 1.29 is 14.3 Å². The van der Waals surface area contributed by atoms with Crippen LogP contribution in [0.25, 0.3) is 0 Å². The van der Waals surface area contributed by atoms with Gasteiger partial charge in [-0.2, -0.15) is 5.10 Å². The standard InChI is InChI=1S/C12H18N4O3/c1-12(11(18)13-2)8-16(6-7-19-12)10(17)9-4-5-15(3)14-9/h4-5H,6-8H2,1-3H3,(H,13,18). The van der Waals surface area contributed by atoms with Crippen molar-refractivity contribution in [3.63, 3.8) is 0 Å². The summed E-state index contributed by atoms with van der Waals surface area (Å²) in [5, 5.41) is 6.64. The number of amides is 2. The summed E-state index contributed by atoms with van der Waals surface area (Å²) in [4.78, 5) is 25.7. The number of morpholine rings is 1. The van der Waals surface area contributed by atoms with E-state index in [1.54, 1.807) is 42.9 Å².